The monoisotopic (exact) mass is 288 g/mol. The third-order valence-electron chi connectivity index (χ3n) is 3.29. The van der Waals surface area contributed by atoms with E-state index in [0.29, 0.717) is 18.0 Å². The van der Waals surface area contributed by atoms with Crippen molar-refractivity contribution in [2.24, 2.45) is 5.92 Å². The van der Waals surface area contributed by atoms with Gasteiger partial charge >= 0.3 is 5.97 Å². The van der Waals surface area contributed by atoms with Crippen molar-refractivity contribution in [2.45, 2.75) is 26.3 Å². The first-order valence-electron chi connectivity index (χ1n) is 6.94. The summed E-state index contributed by atoms with van der Waals surface area (Å²) in [6.45, 7) is 3.99. The molecule has 2 aromatic rings. The maximum atomic E-state index is 11.4. The van der Waals surface area contributed by atoms with Gasteiger partial charge in [-0.05, 0) is 29.9 Å². The number of nitrogens with zero attached hydrogens (tertiary/aromatic N) is 1. The summed E-state index contributed by atoms with van der Waals surface area (Å²) in [7, 11) is 1.59. The molecule has 0 aliphatic heterocycles. The molecule has 2 N–H and O–H groups in total. The van der Waals surface area contributed by atoms with E-state index >= 15 is 0 Å². The molecule has 1 atom stereocenters. The summed E-state index contributed by atoms with van der Waals surface area (Å²) < 4.78 is 5.36. The first kappa shape index (κ1) is 15.1. The largest absolute Gasteiger partial charge is 0.496 e. The molecule has 0 radical (unpaired) electrons. The summed E-state index contributed by atoms with van der Waals surface area (Å²) in [5.74, 6) is 0.614. The number of hydrogen-bond acceptors (Lipinski definition) is 4. The Labute approximate surface area is 124 Å². The van der Waals surface area contributed by atoms with Crippen LogP contribution in [0.1, 0.15) is 20.3 Å². The van der Waals surface area contributed by atoms with Gasteiger partial charge in [0, 0.05) is 6.20 Å². The van der Waals surface area contributed by atoms with Crippen LogP contribution in [0.4, 0.5) is 5.82 Å². The van der Waals surface area contributed by atoms with E-state index in [9.17, 15) is 9.90 Å². The Morgan fingerprint density at radius 1 is 1.38 bits per heavy atom. The molecule has 1 aromatic carbocycles. The molecule has 21 heavy (non-hydrogen) atoms. The molecule has 0 saturated heterocycles. The van der Waals surface area contributed by atoms with E-state index in [1.54, 1.807) is 13.3 Å². The SMILES string of the molecule is COc1cccc2ccnc(NC(CC(C)C)C(=O)O)c12. The minimum atomic E-state index is -0.877. The van der Waals surface area contributed by atoms with Crippen molar-refractivity contribution in [2.75, 3.05) is 12.4 Å². The van der Waals surface area contributed by atoms with Crippen molar-refractivity contribution in [3.8, 4) is 5.75 Å². The average molecular weight is 288 g/mol. The Bertz CT molecular complexity index is 635. The minimum Gasteiger partial charge on any atom is -0.496 e. The fraction of sp³-hybridized carbons (Fsp3) is 0.375. The highest BCUT2D eigenvalue weighted by Gasteiger charge is 2.20. The lowest BCUT2D eigenvalue weighted by Gasteiger charge is -2.19. The van der Waals surface area contributed by atoms with E-state index in [1.807, 2.05) is 38.1 Å². The molecular weight excluding hydrogens is 268 g/mol. The average Bonchev–Trinajstić information content (AvgIpc) is 2.45. The van der Waals surface area contributed by atoms with Crippen LogP contribution in [0, 0.1) is 5.92 Å². The van der Waals surface area contributed by atoms with Crippen molar-refractivity contribution in [3.63, 3.8) is 0 Å². The zero-order valence-electron chi connectivity index (χ0n) is 12.5. The van der Waals surface area contributed by atoms with Crippen molar-refractivity contribution >= 4 is 22.6 Å². The number of rotatable bonds is 6. The predicted molar refractivity (Wildman–Crippen MR) is 82.8 cm³/mol. The van der Waals surface area contributed by atoms with Gasteiger partial charge in [0.15, 0.2) is 0 Å². The van der Waals surface area contributed by atoms with Gasteiger partial charge in [-0.3, -0.25) is 0 Å². The van der Waals surface area contributed by atoms with Crippen LogP contribution < -0.4 is 10.1 Å². The Morgan fingerprint density at radius 3 is 2.76 bits per heavy atom. The van der Waals surface area contributed by atoms with Crippen LogP contribution >= 0.6 is 0 Å². The molecule has 1 heterocycles. The Kier molecular flexibility index (Phi) is 4.62. The third-order valence-corrected chi connectivity index (χ3v) is 3.29. The number of anilines is 1. The van der Waals surface area contributed by atoms with Crippen LogP contribution in [0.3, 0.4) is 0 Å². The maximum absolute atomic E-state index is 11.4. The molecule has 0 bridgehead atoms. The van der Waals surface area contributed by atoms with Crippen LogP contribution in [-0.4, -0.2) is 29.2 Å². The second-order valence-corrected chi connectivity index (χ2v) is 5.38. The normalized spacial score (nSPS) is 12.4. The predicted octanol–water partition coefficient (Wildman–Crippen LogP) is 3.15. The number of carboxylic acids is 1. The first-order valence-corrected chi connectivity index (χ1v) is 6.94. The van der Waals surface area contributed by atoms with Crippen LogP contribution in [0.15, 0.2) is 30.5 Å². The number of aliphatic carboxylic acids is 1. The van der Waals surface area contributed by atoms with E-state index in [-0.39, 0.29) is 5.92 Å². The fourth-order valence-electron chi connectivity index (χ4n) is 2.33. The molecule has 2 rings (SSSR count). The Balaban J connectivity index is 2.43. The summed E-state index contributed by atoms with van der Waals surface area (Å²) in [5.41, 5.74) is 0. The van der Waals surface area contributed by atoms with E-state index in [4.69, 9.17) is 4.74 Å². The number of nitrogens with one attached hydrogen (secondary N) is 1. The number of carbonyl (C=O) groups is 1. The summed E-state index contributed by atoms with van der Waals surface area (Å²) in [6, 6.07) is 6.89. The van der Waals surface area contributed by atoms with Gasteiger partial charge in [0.2, 0.25) is 0 Å². The molecule has 112 valence electrons. The number of methoxy groups -OCH3 is 1. The quantitative estimate of drug-likeness (QED) is 0.854. The van der Waals surface area contributed by atoms with Gasteiger partial charge < -0.3 is 15.2 Å². The number of benzene rings is 1. The van der Waals surface area contributed by atoms with Gasteiger partial charge in [0.25, 0.3) is 0 Å². The number of pyridine rings is 1. The zero-order chi connectivity index (χ0) is 15.4. The summed E-state index contributed by atoms with van der Waals surface area (Å²) in [5, 5.41) is 14.2. The lowest BCUT2D eigenvalue weighted by atomic mass is 10.0. The smallest absolute Gasteiger partial charge is 0.326 e. The molecule has 0 amide bonds. The second-order valence-electron chi connectivity index (χ2n) is 5.38. The highest BCUT2D eigenvalue weighted by molar-refractivity contribution is 5.97. The maximum Gasteiger partial charge on any atom is 0.326 e. The minimum absolute atomic E-state index is 0.274. The number of ether oxygens (including phenoxy) is 1. The van der Waals surface area contributed by atoms with Gasteiger partial charge in [-0.25, -0.2) is 9.78 Å². The molecule has 5 heteroatoms. The molecule has 0 spiro atoms. The summed E-state index contributed by atoms with van der Waals surface area (Å²) in [4.78, 5) is 15.7. The van der Waals surface area contributed by atoms with Crippen molar-refractivity contribution < 1.29 is 14.6 Å². The molecule has 0 saturated carbocycles. The lowest BCUT2D eigenvalue weighted by molar-refractivity contribution is -0.138. The summed E-state index contributed by atoms with van der Waals surface area (Å²) >= 11 is 0. The molecule has 0 aliphatic rings. The highest BCUT2D eigenvalue weighted by atomic mass is 16.5. The van der Waals surface area contributed by atoms with Crippen LogP contribution in [0.5, 0.6) is 5.75 Å². The van der Waals surface area contributed by atoms with Crippen molar-refractivity contribution in [3.05, 3.63) is 30.5 Å². The van der Waals surface area contributed by atoms with Gasteiger partial charge in [0.05, 0.1) is 12.5 Å². The van der Waals surface area contributed by atoms with Gasteiger partial charge in [-0.2, -0.15) is 0 Å². The fourth-order valence-corrected chi connectivity index (χ4v) is 2.33. The van der Waals surface area contributed by atoms with E-state index in [2.05, 4.69) is 10.3 Å². The van der Waals surface area contributed by atoms with E-state index < -0.39 is 12.0 Å². The standard InChI is InChI=1S/C16H20N2O3/c1-10(2)9-12(16(19)20)18-15-14-11(7-8-17-15)5-4-6-13(14)21-3/h4-8,10,12H,9H2,1-3H3,(H,17,18)(H,19,20). The molecule has 1 unspecified atom stereocenters. The first-order chi connectivity index (χ1) is 10.0. The Morgan fingerprint density at radius 2 is 2.14 bits per heavy atom. The number of aromatic nitrogens is 1. The van der Waals surface area contributed by atoms with Gasteiger partial charge in [-0.15, -0.1) is 0 Å². The molecule has 1 aromatic heterocycles. The molecule has 5 nitrogen and oxygen atoms in total. The highest BCUT2D eigenvalue weighted by Crippen LogP contribution is 2.31. The molecular formula is C16H20N2O3. The molecule has 0 fully saturated rings. The third kappa shape index (κ3) is 3.42. The topological polar surface area (TPSA) is 71.5 Å². The van der Waals surface area contributed by atoms with Crippen molar-refractivity contribution in [1.29, 1.82) is 0 Å². The van der Waals surface area contributed by atoms with Gasteiger partial charge in [0.1, 0.15) is 17.6 Å². The summed E-state index contributed by atoms with van der Waals surface area (Å²) in [6.07, 6.45) is 2.20. The van der Waals surface area contributed by atoms with Crippen LogP contribution in [0.25, 0.3) is 10.8 Å². The second kappa shape index (κ2) is 6.43. The van der Waals surface area contributed by atoms with Crippen molar-refractivity contribution in [1.82, 2.24) is 4.98 Å². The Hall–Kier alpha value is -2.30. The van der Waals surface area contributed by atoms with Crippen LogP contribution in [-0.2, 0) is 4.79 Å². The zero-order valence-corrected chi connectivity index (χ0v) is 12.5. The number of fused-ring (bicyclic) bond motifs is 1. The van der Waals surface area contributed by atoms with Gasteiger partial charge in [-0.1, -0.05) is 26.0 Å². The lowest BCUT2D eigenvalue weighted by Crippen LogP contribution is -2.31. The molecule has 0 aliphatic carbocycles. The van der Waals surface area contributed by atoms with E-state index in [1.165, 1.54) is 0 Å². The van der Waals surface area contributed by atoms with Crippen LogP contribution in [0.2, 0.25) is 0 Å². The van der Waals surface area contributed by atoms with E-state index in [0.717, 1.165) is 10.8 Å². The number of carboxylic acid groups (broad SMARTS) is 1. The number of hydrogen-bond donors (Lipinski definition) is 2.